The average molecular weight is 307 g/mol. The van der Waals surface area contributed by atoms with Crippen LogP contribution in [0.4, 0.5) is 0 Å². The number of hydrogen-bond donors (Lipinski definition) is 0. The maximum Gasteiger partial charge on any atom is 0.287 e. The van der Waals surface area contributed by atoms with E-state index in [2.05, 4.69) is 40.2 Å². The van der Waals surface area contributed by atoms with Crippen molar-refractivity contribution in [3.63, 3.8) is 0 Å². The van der Waals surface area contributed by atoms with Crippen LogP contribution in [0.2, 0.25) is 0 Å². The molecule has 1 aliphatic heterocycles. The molecule has 3 rings (SSSR count). The smallest absolute Gasteiger partial charge is 0.270 e. The number of hydrogen-bond acceptors (Lipinski definition) is 1. The second-order valence-corrected chi connectivity index (χ2v) is 9.35. The largest absolute Gasteiger partial charge is 0.287 e. The van der Waals surface area contributed by atoms with Gasteiger partial charge in [0.15, 0.2) is 0 Å². The van der Waals surface area contributed by atoms with E-state index in [1.807, 2.05) is 25.2 Å². The first-order valence-corrected chi connectivity index (χ1v) is 9.44. The van der Waals surface area contributed by atoms with Crippen LogP contribution in [-0.4, -0.2) is 47.2 Å². The lowest BCUT2D eigenvalue weighted by molar-refractivity contribution is 0.233. The van der Waals surface area contributed by atoms with Crippen LogP contribution in [0.1, 0.15) is 31.2 Å². The molecule has 1 saturated heterocycles. The number of likely N-dealkylation sites (N-methyl/N-ethyl adjacent to an activating group) is 2. The van der Waals surface area contributed by atoms with E-state index in [9.17, 15) is 4.57 Å². The zero-order chi connectivity index (χ0) is 15.0. The molecule has 21 heavy (non-hydrogen) atoms. The zero-order valence-corrected chi connectivity index (χ0v) is 14.2. The van der Waals surface area contributed by atoms with Crippen LogP contribution >= 0.6 is 7.59 Å². The first-order valence-electron chi connectivity index (χ1n) is 7.87. The van der Waals surface area contributed by atoms with E-state index in [0.717, 1.165) is 6.54 Å². The molecule has 5 heteroatoms. The lowest BCUT2D eigenvalue weighted by atomic mass is 9.91. The van der Waals surface area contributed by atoms with E-state index in [4.69, 9.17) is 0 Å². The van der Waals surface area contributed by atoms with Gasteiger partial charge in [-0.3, -0.25) is 4.57 Å². The summed E-state index contributed by atoms with van der Waals surface area (Å²) in [6, 6.07) is 11.2. The van der Waals surface area contributed by atoms with Crippen LogP contribution in [0.5, 0.6) is 0 Å². The van der Waals surface area contributed by atoms with Gasteiger partial charge in [0, 0.05) is 18.6 Å². The molecule has 2 aliphatic rings. The van der Waals surface area contributed by atoms with Gasteiger partial charge >= 0.3 is 0 Å². The van der Waals surface area contributed by atoms with E-state index in [-0.39, 0.29) is 0 Å². The van der Waals surface area contributed by atoms with Crippen LogP contribution in [0.3, 0.4) is 0 Å². The lowest BCUT2D eigenvalue weighted by Gasteiger charge is -2.34. The summed E-state index contributed by atoms with van der Waals surface area (Å²) in [7, 11) is 3.48. The second-order valence-electron chi connectivity index (χ2n) is 6.38. The molecule has 116 valence electrons. The van der Waals surface area contributed by atoms with Crippen molar-refractivity contribution in [2.45, 2.75) is 44.3 Å². The van der Waals surface area contributed by atoms with E-state index in [1.54, 1.807) is 0 Å². The highest BCUT2D eigenvalue weighted by atomic mass is 31.2. The Kier molecular flexibility index (Phi) is 4.24. The summed E-state index contributed by atoms with van der Waals surface area (Å²) in [5.74, 6) is 0. The summed E-state index contributed by atoms with van der Waals surface area (Å²) in [4.78, 5) is 0. The molecular formula is C16H26N3OP. The van der Waals surface area contributed by atoms with Gasteiger partial charge in [0.1, 0.15) is 0 Å². The Labute approximate surface area is 128 Å². The number of nitrogens with zero attached hydrogens (tertiary/aromatic N) is 3. The third-order valence-electron chi connectivity index (χ3n) is 5.17. The fourth-order valence-electron chi connectivity index (χ4n) is 3.99. The van der Waals surface area contributed by atoms with Crippen LogP contribution in [-0.2, 0) is 11.1 Å². The van der Waals surface area contributed by atoms with Gasteiger partial charge < -0.3 is 0 Å². The van der Waals surface area contributed by atoms with Gasteiger partial charge in [-0.05, 0) is 39.5 Å². The third-order valence-corrected chi connectivity index (χ3v) is 8.44. The van der Waals surface area contributed by atoms with Gasteiger partial charge in [-0.25, -0.2) is 14.0 Å². The first kappa shape index (κ1) is 15.2. The predicted octanol–water partition coefficient (Wildman–Crippen LogP) is 3.41. The Hall–Kier alpha value is -0.670. The van der Waals surface area contributed by atoms with Gasteiger partial charge in [0.05, 0.1) is 0 Å². The van der Waals surface area contributed by atoms with Crippen molar-refractivity contribution in [3.8, 4) is 0 Å². The monoisotopic (exact) mass is 307 g/mol. The molecule has 1 aromatic carbocycles. The molecule has 1 aliphatic carbocycles. The molecule has 0 aromatic heterocycles. The van der Waals surface area contributed by atoms with Gasteiger partial charge in [-0.1, -0.05) is 43.2 Å². The highest BCUT2D eigenvalue weighted by Gasteiger charge is 2.53. The van der Waals surface area contributed by atoms with Crippen molar-refractivity contribution in [1.29, 1.82) is 0 Å². The van der Waals surface area contributed by atoms with Gasteiger partial charge in [-0.2, -0.15) is 0 Å². The van der Waals surface area contributed by atoms with E-state index >= 15 is 0 Å². The number of fused-ring (bicyclic) bond motifs is 1. The molecule has 1 saturated carbocycles. The molecular weight excluding hydrogens is 281 g/mol. The molecule has 0 radical (unpaired) electrons. The molecule has 0 N–H and O–H groups in total. The van der Waals surface area contributed by atoms with Gasteiger partial charge in [0.2, 0.25) is 0 Å². The van der Waals surface area contributed by atoms with E-state index in [0.29, 0.717) is 12.1 Å². The summed E-state index contributed by atoms with van der Waals surface area (Å²) < 4.78 is 20.1. The SMILES string of the molecule is CN(Cc1ccccc1)P1(=O)N(C)C2CCCCC2N1C. The Morgan fingerprint density at radius 3 is 2.14 bits per heavy atom. The Balaban J connectivity index is 1.83. The van der Waals surface area contributed by atoms with Crippen LogP contribution < -0.4 is 0 Å². The van der Waals surface area contributed by atoms with Crippen LogP contribution in [0, 0.1) is 0 Å². The molecule has 2 fully saturated rings. The Morgan fingerprint density at radius 2 is 1.62 bits per heavy atom. The molecule has 0 amide bonds. The average Bonchev–Trinajstić information content (AvgIpc) is 2.72. The quantitative estimate of drug-likeness (QED) is 0.800. The standard InChI is InChI=1S/C16H26N3OP/c1-17(13-14-9-5-4-6-10-14)21(20)18(2)15-11-7-8-12-16(15)19(21)3/h4-6,9-10,15-16H,7-8,11-13H2,1-3H3. The normalized spacial score (nSPS) is 34.3. The van der Waals surface area contributed by atoms with Crippen LogP contribution in [0.15, 0.2) is 30.3 Å². The summed E-state index contributed by atoms with van der Waals surface area (Å²) >= 11 is 0. The van der Waals surface area contributed by atoms with Crippen molar-refractivity contribution in [1.82, 2.24) is 14.0 Å². The number of rotatable bonds is 3. The summed E-state index contributed by atoms with van der Waals surface area (Å²) in [6.45, 7) is 0.728. The number of benzene rings is 1. The molecule has 0 spiro atoms. The fraction of sp³-hybridized carbons (Fsp3) is 0.625. The van der Waals surface area contributed by atoms with Crippen molar-refractivity contribution < 1.29 is 4.57 Å². The summed E-state index contributed by atoms with van der Waals surface area (Å²) in [6.07, 6.45) is 4.88. The minimum Gasteiger partial charge on any atom is -0.270 e. The first-order chi connectivity index (χ1) is 10.0. The minimum absolute atomic E-state index is 0.452. The molecule has 1 aromatic rings. The molecule has 2 unspecified atom stereocenters. The van der Waals surface area contributed by atoms with Gasteiger partial charge in [0.25, 0.3) is 7.59 Å². The lowest BCUT2D eigenvalue weighted by Crippen LogP contribution is -2.37. The minimum atomic E-state index is -2.61. The maximum atomic E-state index is 13.7. The summed E-state index contributed by atoms with van der Waals surface area (Å²) in [5.41, 5.74) is 1.21. The van der Waals surface area contributed by atoms with E-state index < -0.39 is 7.59 Å². The Bertz CT molecular complexity index is 514. The predicted molar refractivity (Wildman–Crippen MR) is 87.1 cm³/mol. The van der Waals surface area contributed by atoms with Crippen molar-refractivity contribution in [3.05, 3.63) is 35.9 Å². The van der Waals surface area contributed by atoms with Crippen molar-refractivity contribution in [2.75, 3.05) is 21.1 Å². The third kappa shape index (κ3) is 2.49. The topological polar surface area (TPSA) is 26.8 Å². The highest BCUT2D eigenvalue weighted by Crippen LogP contribution is 2.63. The Morgan fingerprint density at radius 1 is 1.10 bits per heavy atom. The maximum absolute atomic E-state index is 13.7. The highest BCUT2D eigenvalue weighted by molar-refractivity contribution is 7.56. The molecule has 1 heterocycles. The summed E-state index contributed by atoms with van der Waals surface area (Å²) in [5, 5.41) is 0. The second kappa shape index (κ2) is 5.85. The molecule has 2 atom stereocenters. The van der Waals surface area contributed by atoms with Crippen LogP contribution in [0.25, 0.3) is 0 Å². The molecule has 4 nitrogen and oxygen atoms in total. The van der Waals surface area contributed by atoms with E-state index in [1.165, 1.54) is 31.2 Å². The fourth-order valence-corrected chi connectivity index (χ4v) is 7.06. The van der Waals surface area contributed by atoms with Gasteiger partial charge in [-0.15, -0.1) is 0 Å². The van der Waals surface area contributed by atoms with Crippen molar-refractivity contribution >= 4 is 7.59 Å². The zero-order valence-electron chi connectivity index (χ0n) is 13.3. The van der Waals surface area contributed by atoms with Crippen molar-refractivity contribution in [2.24, 2.45) is 0 Å². The molecule has 0 bridgehead atoms.